The number of hydrogen-bond acceptors (Lipinski definition) is 3. The van der Waals surface area contributed by atoms with Gasteiger partial charge in [0.15, 0.2) is 0 Å². The third kappa shape index (κ3) is 4.23. The number of benzene rings is 3. The Morgan fingerprint density at radius 2 is 1.63 bits per heavy atom. The summed E-state index contributed by atoms with van der Waals surface area (Å²) in [6.07, 6.45) is 0.520. The van der Waals surface area contributed by atoms with Gasteiger partial charge in [-0.3, -0.25) is 9.62 Å². The van der Waals surface area contributed by atoms with Gasteiger partial charge in [0.05, 0.1) is 16.3 Å². The zero-order valence-electron chi connectivity index (χ0n) is 15.6. The van der Waals surface area contributed by atoms with E-state index in [9.17, 15) is 13.2 Å². The van der Waals surface area contributed by atoms with Gasteiger partial charge in [-0.05, 0) is 48.9 Å². The summed E-state index contributed by atoms with van der Waals surface area (Å²) in [7, 11) is -3.90. The predicted octanol–water partition coefficient (Wildman–Crippen LogP) is 5.39. The SMILES string of the molecule is O=C(Nc1ccccc1)N1CCc2c(NS(=O)(=O)c3cc(Cl)cc(Cl)c3)cccc21. The molecular formula is C21H17Cl2N3O3S. The van der Waals surface area contributed by atoms with Crippen molar-refractivity contribution < 1.29 is 13.2 Å². The van der Waals surface area contributed by atoms with Crippen LogP contribution in [0.15, 0.2) is 71.6 Å². The molecule has 2 amide bonds. The number of nitrogens with one attached hydrogen (secondary N) is 2. The van der Waals surface area contributed by atoms with Gasteiger partial charge in [0, 0.05) is 27.8 Å². The van der Waals surface area contributed by atoms with Crippen molar-refractivity contribution in [3.8, 4) is 0 Å². The number of rotatable bonds is 4. The van der Waals surface area contributed by atoms with Crippen molar-refractivity contribution >= 4 is 56.3 Å². The molecule has 0 bridgehead atoms. The molecule has 3 aromatic rings. The first kappa shape index (κ1) is 20.5. The molecule has 0 atom stereocenters. The van der Waals surface area contributed by atoms with Crippen LogP contribution in [0, 0.1) is 0 Å². The molecule has 4 rings (SSSR count). The molecule has 0 fully saturated rings. The number of hydrogen-bond donors (Lipinski definition) is 2. The van der Waals surface area contributed by atoms with Crippen molar-refractivity contribution in [3.05, 3.63) is 82.3 Å². The standard InChI is InChI=1S/C21H17Cl2N3O3S/c22-14-11-15(23)13-17(12-14)30(28,29)25-19-7-4-8-20-18(19)9-10-26(20)21(27)24-16-5-2-1-3-6-16/h1-8,11-13,25H,9-10H2,(H,24,27). The molecule has 0 aliphatic carbocycles. The molecule has 6 nitrogen and oxygen atoms in total. The quantitative estimate of drug-likeness (QED) is 0.546. The minimum absolute atomic E-state index is 0.0331. The lowest BCUT2D eigenvalue weighted by atomic mass is 10.1. The predicted molar refractivity (Wildman–Crippen MR) is 120 cm³/mol. The molecule has 0 saturated heterocycles. The highest BCUT2D eigenvalue weighted by Crippen LogP contribution is 2.35. The van der Waals surface area contributed by atoms with E-state index in [1.165, 1.54) is 18.2 Å². The van der Waals surface area contributed by atoms with Crippen molar-refractivity contribution in [2.45, 2.75) is 11.3 Å². The summed E-state index contributed by atoms with van der Waals surface area (Å²) in [4.78, 5) is 14.3. The molecule has 0 radical (unpaired) electrons. The van der Waals surface area contributed by atoms with Crippen LogP contribution in [0.25, 0.3) is 0 Å². The molecule has 30 heavy (non-hydrogen) atoms. The molecule has 0 aromatic heterocycles. The molecule has 9 heteroatoms. The Balaban J connectivity index is 1.60. The number of sulfonamides is 1. The molecule has 0 saturated carbocycles. The number of halogens is 2. The number of urea groups is 1. The number of para-hydroxylation sites is 1. The van der Waals surface area contributed by atoms with Crippen LogP contribution in [0.1, 0.15) is 5.56 Å². The van der Waals surface area contributed by atoms with Crippen molar-refractivity contribution in [1.29, 1.82) is 0 Å². The Morgan fingerprint density at radius 1 is 0.933 bits per heavy atom. The lowest BCUT2D eigenvalue weighted by Gasteiger charge is -2.19. The topological polar surface area (TPSA) is 78.5 Å². The number of carbonyl (C=O) groups excluding carboxylic acids is 1. The van der Waals surface area contributed by atoms with Gasteiger partial charge in [-0.2, -0.15) is 0 Å². The molecule has 154 valence electrons. The van der Waals surface area contributed by atoms with Gasteiger partial charge in [-0.25, -0.2) is 13.2 Å². The molecule has 1 aliphatic heterocycles. The summed E-state index contributed by atoms with van der Waals surface area (Å²) in [6.45, 7) is 0.440. The van der Waals surface area contributed by atoms with Gasteiger partial charge in [0.1, 0.15) is 0 Å². The Labute approximate surface area is 184 Å². The van der Waals surface area contributed by atoms with Crippen LogP contribution in [0.3, 0.4) is 0 Å². The van der Waals surface area contributed by atoms with Gasteiger partial charge >= 0.3 is 6.03 Å². The highest BCUT2D eigenvalue weighted by atomic mass is 35.5. The van der Waals surface area contributed by atoms with Crippen molar-refractivity contribution in [2.24, 2.45) is 0 Å². The molecule has 3 aromatic carbocycles. The average Bonchev–Trinajstić information content (AvgIpc) is 3.13. The Hall–Kier alpha value is -2.74. The first-order valence-corrected chi connectivity index (χ1v) is 11.3. The van der Waals surface area contributed by atoms with Crippen LogP contribution in [-0.2, 0) is 16.4 Å². The highest BCUT2D eigenvalue weighted by Gasteiger charge is 2.28. The van der Waals surface area contributed by atoms with Crippen LogP contribution >= 0.6 is 23.2 Å². The maximum Gasteiger partial charge on any atom is 0.326 e. The third-order valence-corrected chi connectivity index (χ3v) is 6.47. The van der Waals surface area contributed by atoms with Gasteiger partial charge in [-0.1, -0.05) is 47.5 Å². The maximum atomic E-state index is 12.8. The molecule has 0 spiro atoms. The fourth-order valence-corrected chi connectivity index (χ4v) is 5.16. The van der Waals surface area contributed by atoms with Crippen molar-refractivity contribution in [3.63, 3.8) is 0 Å². The Morgan fingerprint density at radius 3 is 2.33 bits per heavy atom. The monoisotopic (exact) mass is 461 g/mol. The number of amides is 2. The lowest BCUT2D eigenvalue weighted by Crippen LogP contribution is -2.33. The Kier molecular flexibility index (Phi) is 5.60. The first-order valence-electron chi connectivity index (χ1n) is 9.08. The van der Waals surface area contributed by atoms with E-state index >= 15 is 0 Å². The normalized spacial score (nSPS) is 13.1. The van der Waals surface area contributed by atoms with Gasteiger partial charge in [-0.15, -0.1) is 0 Å². The number of fused-ring (bicyclic) bond motifs is 1. The van der Waals surface area contributed by atoms with Gasteiger partial charge in [0.25, 0.3) is 10.0 Å². The van der Waals surface area contributed by atoms with Crippen LogP contribution in [-0.4, -0.2) is 21.0 Å². The lowest BCUT2D eigenvalue weighted by molar-refractivity contribution is 0.257. The zero-order chi connectivity index (χ0) is 21.3. The molecular weight excluding hydrogens is 445 g/mol. The summed E-state index contributed by atoms with van der Waals surface area (Å²) in [5, 5.41) is 3.30. The third-order valence-electron chi connectivity index (χ3n) is 4.69. The second-order valence-corrected chi connectivity index (χ2v) is 9.27. The maximum absolute atomic E-state index is 12.8. The van der Waals surface area contributed by atoms with E-state index in [0.29, 0.717) is 30.0 Å². The van der Waals surface area contributed by atoms with E-state index in [2.05, 4.69) is 10.0 Å². The summed E-state index contributed by atoms with van der Waals surface area (Å²) < 4.78 is 28.3. The van der Waals surface area contributed by atoms with E-state index in [1.807, 2.05) is 18.2 Å². The minimum Gasteiger partial charge on any atom is -0.308 e. The number of carbonyl (C=O) groups is 1. The van der Waals surface area contributed by atoms with Crippen LogP contribution in [0.2, 0.25) is 10.0 Å². The van der Waals surface area contributed by atoms with E-state index in [4.69, 9.17) is 23.2 Å². The second kappa shape index (κ2) is 8.18. The molecule has 2 N–H and O–H groups in total. The summed E-state index contributed by atoms with van der Waals surface area (Å²) in [5.41, 5.74) is 2.51. The van der Waals surface area contributed by atoms with Crippen LogP contribution in [0.4, 0.5) is 21.9 Å². The largest absolute Gasteiger partial charge is 0.326 e. The molecule has 1 heterocycles. The zero-order valence-corrected chi connectivity index (χ0v) is 17.9. The highest BCUT2D eigenvalue weighted by molar-refractivity contribution is 7.92. The fraction of sp³-hybridized carbons (Fsp3) is 0.0952. The van der Waals surface area contributed by atoms with Crippen LogP contribution in [0.5, 0.6) is 0 Å². The van der Waals surface area contributed by atoms with E-state index in [0.717, 1.165) is 5.56 Å². The number of anilines is 3. The smallest absolute Gasteiger partial charge is 0.308 e. The van der Waals surface area contributed by atoms with Gasteiger partial charge in [0.2, 0.25) is 0 Å². The average molecular weight is 462 g/mol. The second-order valence-electron chi connectivity index (χ2n) is 6.71. The van der Waals surface area contributed by atoms with E-state index in [1.54, 1.807) is 35.2 Å². The van der Waals surface area contributed by atoms with E-state index in [-0.39, 0.29) is 21.0 Å². The van der Waals surface area contributed by atoms with Gasteiger partial charge < -0.3 is 5.32 Å². The molecule has 0 unspecified atom stereocenters. The van der Waals surface area contributed by atoms with Crippen molar-refractivity contribution in [2.75, 3.05) is 21.5 Å². The van der Waals surface area contributed by atoms with E-state index < -0.39 is 10.0 Å². The molecule has 1 aliphatic rings. The van der Waals surface area contributed by atoms with Crippen LogP contribution < -0.4 is 14.9 Å². The Bertz CT molecular complexity index is 1200. The number of nitrogens with zero attached hydrogens (tertiary/aromatic N) is 1. The first-order chi connectivity index (χ1) is 14.3. The summed E-state index contributed by atoms with van der Waals surface area (Å²) in [5.74, 6) is 0. The summed E-state index contributed by atoms with van der Waals surface area (Å²) >= 11 is 11.9. The summed E-state index contributed by atoms with van der Waals surface area (Å²) in [6, 6.07) is 18.2. The fourth-order valence-electron chi connectivity index (χ4n) is 3.34. The minimum atomic E-state index is -3.90. The van der Waals surface area contributed by atoms with Crippen molar-refractivity contribution in [1.82, 2.24) is 0 Å².